The Hall–Kier alpha value is -1.05. The molecule has 2 aliphatic carbocycles. The Labute approximate surface area is 180 Å². The lowest BCUT2D eigenvalue weighted by molar-refractivity contribution is 0.0917. The van der Waals surface area contributed by atoms with Gasteiger partial charge in [-0.3, -0.25) is 4.98 Å². The summed E-state index contributed by atoms with van der Waals surface area (Å²) in [5.74, 6) is 3.96. The molecule has 0 bridgehead atoms. The second-order valence-corrected chi connectivity index (χ2v) is 9.94. The molecule has 0 N–H and O–H groups in total. The van der Waals surface area contributed by atoms with Gasteiger partial charge in [-0.25, -0.2) is 0 Å². The van der Waals surface area contributed by atoms with Gasteiger partial charge in [0.05, 0.1) is 12.3 Å². The number of aryl methyl sites for hydroxylation is 2. The third-order valence-corrected chi connectivity index (χ3v) is 7.84. The molecule has 0 amide bonds. The highest BCUT2D eigenvalue weighted by molar-refractivity contribution is 5.28. The predicted molar refractivity (Wildman–Crippen MR) is 124 cm³/mol. The lowest BCUT2D eigenvalue weighted by Crippen LogP contribution is -2.29. The maximum atomic E-state index is 6.36. The lowest BCUT2D eigenvalue weighted by Gasteiger charge is -2.37. The summed E-state index contributed by atoms with van der Waals surface area (Å²) < 4.78 is 6.36. The average molecular weight is 400 g/mol. The van der Waals surface area contributed by atoms with Gasteiger partial charge in [-0.1, -0.05) is 58.8 Å². The molecule has 3 rings (SSSR count). The molecule has 0 unspecified atom stereocenters. The van der Waals surface area contributed by atoms with Crippen LogP contribution in [0.4, 0.5) is 0 Å². The van der Waals surface area contributed by atoms with Crippen molar-refractivity contribution in [3.8, 4) is 5.75 Å². The van der Waals surface area contributed by atoms with Crippen molar-refractivity contribution in [3.63, 3.8) is 0 Å². The number of hydrogen-bond donors (Lipinski definition) is 0. The molecule has 1 heterocycles. The minimum absolute atomic E-state index is 0.402. The minimum atomic E-state index is 0.402. The normalized spacial score (nSPS) is 27.7. The second-order valence-electron chi connectivity index (χ2n) is 9.94. The van der Waals surface area contributed by atoms with Crippen LogP contribution >= 0.6 is 0 Å². The van der Waals surface area contributed by atoms with Crippen molar-refractivity contribution in [1.82, 2.24) is 4.98 Å². The molecule has 2 aliphatic rings. The fraction of sp³-hybridized carbons (Fsp3) is 0.815. The Bertz CT molecular complexity index is 582. The van der Waals surface area contributed by atoms with Gasteiger partial charge in [-0.2, -0.15) is 0 Å². The Morgan fingerprint density at radius 2 is 1.52 bits per heavy atom. The van der Waals surface area contributed by atoms with Gasteiger partial charge in [0.25, 0.3) is 0 Å². The molecule has 0 aliphatic heterocycles. The van der Waals surface area contributed by atoms with Crippen LogP contribution in [-0.4, -0.2) is 11.1 Å². The van der Waals surface area contributed by atoms with Gasteiger partial charge in [0.1, 0.15) is 5.75 Å². The van der Waals surface area contributed by atoms with E-state index >= 15 is 0 Å². The molecule has 0 saturated heterocycles. The van der Waals surface area contributed by atoms with Gasteiger partial charge >= 0.3 is 0 Å². The summed E-state index contributed by atoms with van der Waals surface area (Å²) in [6.07, 6.45) is 22.6. The molecule has 0 atom stereocenters. The van der Waals surface area contributed by atoms with E-state index < -0.39 is 0 Å². The molecule has 0 radical (unpaired) electrons. The summed E-state index contributed by atoms with van der Waals surface area (Å²) in [5.41, 5.74) is 2.57. The third kappa shape index (κ3) is 7.00. The van der Waals surface area contributed by atoms with Gasteiger partial charge in [-0.05, 0) is 87.7 Å². The van der Waals surface area contributed by atoms with Gasteiger partial charge in [0.2, 0.25) is 0 Å². The van der Waals surface area contributed by atoms with Crippen molar-refractivity contribution in [2.45, 2.75) is 123 Å². The van der Waals surface area contributed by atoms with Crippen molar-refractivity contribution >= 4 is 0 Å². The molecule has 0 spiro atoms. The van der Waals surface area contributed by atoms with E-state index in [0.717, 1.165) is 29.9 Å². The van der Waals surface area contributed by atoms with Crippen LogP contribution in [0, 0.1) is 24.7 Å². The standard InChI is InChI=1S/C27H45NO/c1-4-6-7-8-9-10-27-21(3)19-26(20-28-27)29-25-17-15-24(16-18-25)23-13-11-22(5-2)12-14-23/h19-20,22-25H,4-18H2,1-3H3/t22-,23-,24-,25-. The first kappa shape index (κ1) is 22.6. The molecule has 29 heavy (non-hydrogen) atoms. The summed E-state index contributed by atoms with van der Waals surface area (Å²) in [5, 5.41) is 0. The van der Waals surface area contributed by atoms with E-state index in [0.29, 0.717) is 6.10 Å². The lowest BCUT2D eigenvalue weighted by atomic mass is 9.70. The van der Waals surface area contributed by atoms with Gasteiger partial charge in [0.15, 0.2) is 0 Å². The zero-order valence-corrected chi connectivity index (χ0v) is 19.4. The first-order valence-corrected chi connectivity index (χ1v) is 12.8. The zero-order valence-electron chi connectivity index (χ0n) is 19.4. The zero-order chi connectivity index (χ0) is 20.5. The van der Waals surface area contributed by atoms with Crippen LogP contribution in [0.5, 0.6) is 5.75 Å². The number of pyridine rings is 1. The van der Waals surface area contributed by atoms with E-state index in [2.05, 4.69) is 26.8 Å². The van der Waals surface area contributed by atoms with Crippen molar-refractivity contribution < 1.29 is 4.74 Å². The Morgan fingerprint density at radius 3 is 2.14 bits per heavy atom. The smallest absolute Gasteiger partial charge is 0.138 e. The maximum absolute atomic E-state index is 6.36. The molecule has 2 fully saturated rings. The Balaban J connectivity index is 1.39. The van der Waals surface area contributed by atoms with Crippen LogP contribution < -0.4 is 4.74 Å². The monoisotopic (exact) mass is 399 g/mol. The summed E-state index contributed by atoms with van der Waals surface area (Å²) in [6, 6.07) is 2.23. The van der Waals surface area contributed by atoms with Gasteiger partial charge in [0, 0.05) is 5.69 Å². The van der Waals surface area contributed by atoms with Gasteiger partial charge in [-0.15, -0.1) is 0 Å². The Morgan fingerprint density at radius 1 is 0.862 bits per heavy atom. The molecule has 2 nitrogen and oxygen atoms in total. The molecular formula is C27H45NO. The number of hydrogen-bond acceptors (Lipinski definition) is 2. The first-order valence-electron chi connectivity index (χ1n) is 12.8. The van der Waals surface area contributed by atoms with E-state index in [1.165, 1.54) is 101 Å². The highest BCUT2D eigenvalue weighted by Gasteiger charge is 2.31. The molecule has 2 heteroatoms. The number of ether oxygens (including phenoxy) is 1. The first-order chi connectivity index (χ1) is 14.2. The SMILES string of the molecule is CCCCCCCc1ncc(O[C@H]2CC[C@H]([C@H]3CC[C@H](CC)CC3)CC2)cc1C. The number of rotatable bonds is 10. The molecule has 1 aromatic heterocycles. The minimum Gasteiger partial charge on any atom is -0.489 e. The van der Waals surface area contributed by atoms with Crippen LogP contribution in [0.15, 0.2) is 12.3 Å². The van der Waals surface area contributed by atoms with E-state index in [-0.39, 0.29) is 0 Å². The number of aromatic nitrogens is 1. The van der Waals surface area contributed by atoms with Crippen LogP contribution in [0.3, 0.4) is 0 Å². The average Bonchev–Trinajstić information content (AvgIpc) is 2.75. The Kier molecular flexibility index (Phi) is 9.34. The fourth-order valence-electron chi connectivity index (χ4n) is 5.74. The van der Waals surface area contributed by atoms with Crippen molar-refractivity contribution in [2.75, 3.05) is 0 Å². The summed E-state index contributed by atoms with van der Waals surface area (Å²) in [7, 11) is 0. The summed E-state index contributed by atoms with van der Waals surface area (Å²) in [4.78, 5) is 4.74. The van der Waals surface area contributed by atoms with E-state index in [4.69, 9.17) is 9.72 Å². The molecule has 0 aromatic carbocycles. The number of nitrogens with zero attached hydrogens (tertiary/aromatic N) is 1. The van der Waals surface area contributed by atoms with E-state index in [9.17, 15) is 0 Å². The molecule has 1 aromatic rings. The number of unbranched alkanes of at least 4 members (excludes halogenated alkanes) is 4. The van der Waals surface area contributed by atoms with E-state index in [1.54, 1.807) is 0 Å². The largest absolute Gasteiger partial charge is 0.489 e. The quantitative estimate of drug-likeness (QED) is 0.371. The molecule has 164 valence electrons. The fourth-order valence-corrected chi connectivity index (χ4v) is 5.74. The van der Waals surface area contributed by atoms with Crippen molar-refractivity contribution in [2.24, 2.45) is 17.8 Å². The highest BCUT2D eigenvalue weighted by Crippen LogP contribution is 2.41. The van der Waals surface area contributed by atoms with Crippen LogP contribution in [0.2, 0.25) is 0 Å². The topological polar surface area (TPSA) is 22.1 Å². The van der Waals surface area contributed by atoms with Crippen LogP contribution in [0.25, 0.3) is 0 Å². The predicted octanol–water partition coefficient (Wildman–Crippen LogP) is 8.06. The molecule has 2 saturated carbocycles. The van der Waals surface area contributed by atoms with Gasteiger partial charge < -0.3 is 4.74 Å². The van der Waals surface area contributed by atoms with E-state index in [1.807, 2.05) is 6.20 Å². The summed E-state index contributed by atoms with van der Waals surface area (Å²) in [6.45, 7) is 6.84. The van der Waals surface area contributed by atoms with Crippen molar-refractivity contribution in [3.05, 3.63) is 23.5 Å². The highest BCUT2D eigenvalue weighted by atomic mass is 16.5. The third-order valence-electron chi connectivity index (χ3n) is 7.84. The molecular weight excluding hydrogens is 354 g/mol. The summed E-state index contributed by atoms with van der Waals surface area (Å²) >= 11 is 0. The van der Waals surface area contributed by atoms with Crippen LogP contribution in [-0.2, 0) is 6.42 Å². The maximum Gasteiger partial charge on any atom is 0.138 e. The van der Waals surface area contributed by atoms with Crippen molar-refractivity contribution in [1.29, 1.82) is 0 Å². The second kappa shape index (κ2) is 12.0. The van der Waals surface area contributed by atoms with Crippen LogP contribution in [0.1, 0.15) is 115 Å².